The van der Waals surface area contributed by atoms with Gasteiger partial charge in [-0.3, -0.25) is 0 Å². The number of nitrogens with one attached hydrogen (secondary N) is 3. The van der Waals surface area contributed by atoms with Gasteiger partial charge in [0.25, 0.3) is 0 Å². The minimum absolute atomic E-state index is 0.296. The van der Waals surface area contributed by atoms with Gasteiger partial charge in [-0.15, -0.1) is 0 Å². The van der Waals surface area contributed by atoms with Gasteiger partial charge in [-0.25, -0.2) is 8.42 Å². The molecule has 3 aliphatic rings. The molecule has 0 aromatic heterocycles. The van der Waals surface area contributed by atoms with Gasteiger partial charge < -0.3 is 20.7 Å². The summed E-state index contributed by atoms with van der Waals surface area (Å²) in [5.41, 5.74) is 0. The lowest BCUT2D eigenvalue weighted by Gasteiger charge is -2.27. The summed E-state index contributed by atoms with van der Waals surface area (Å²) in [6.45, 7) is 6.28. The van der Waals surface area contributed by atoms with E-state index in [0.29, 0.717) is 35.3 Å². The molecule has 0 aromatic carbocycles. The molecule has 3 saturated heterocycles. The van der Waals surface area contributed by atoms with Gasteiger partial charge in [-0.2, -0.15) is 0 Å². The van der Waals surface area contributed by atoms with Crippen molar-refractivity contribution in [3.8, 4) is 0 Å². The summed E-state index contributed by atoms with van der Waals surface area (Å²) >= 11 is 0. The lowest BCUT2D eigenvalue weighted by atomic mass is 9.89. The van der Waals surface area contributed by atoms with Gasteiger partial charge in [0.15, 0.2) is 9.84 Å². The van der Waals surface area contributed by atoms with Crippen LogP contribution >= 0.6 is 0 Å². The Hall–Kier alpha value is -0.210. The predicted octanol–water partition coefficient (Wildman–Crippen LogP) is -0.385. The molecule has 3 N–H and O–H groups in total. The molecule has 3 heterocycles. The van der Waals surface area contributed by atoms with Crippen molar-refractivity contribution in [2.45, 2.75) is 25.3 Å². The van der Waals surface area contributed by atoms with Gasteiger partial charge in [-0.05, 0) is 37.8 Å². The van der Waals surface area contributed by atoms with Crippen LogP contribution in [0.3, 0.4) is 0 Å². The van der Waals surface area contributed by atoms with Crippen LogP contribution in [-0.4, -0.2) is 71.9 Å². The molecule has 0 amide bonds. The van der Waals surface area contributed by atoms with Crippen molar-refractivity contribution in [3.05, 3.63) is 0 Å². The molecule has 3 fully saturated rings. The summed E-state index contributed by atoms with van der Waals surface area (Å²) in [6, 6.07) is 0.396. The first-order valence-corrected chi connectivity index (χ1v) is 10.9. The van der Waals surface area contributed by atoms with Crippen molar-refractivity contribution >= 4 is 9.84 Å². The molecule has 0 aromatic rings. The predicted molar refractivity (Wildman–Crippen MR) is 91.3 cm³/mol. The SMILES string of the molecule is O=S1(=O)CCCCC(C2CNCC(C3CNCCOC3)NC2)C1. The fraction of sp³-hybridized carbons (Fsp3) is 1.00. The van der Waals surface area contributed by atoms with Crippen molar-refractivity contribution in [2.75, 3.05) is 57.4 Å². The highest BCUT2D eigenvalue weighted by atomic mass is 32.2. The van der Waals surface area contributed by atoms with Gasteiger partial charge in [0.05, 0.1) is 24.7 Å². The zero-order chi connectivity index (χ0) is 16.1. The highest BCUT2D eigenvalue weighted by molar-refractivity contribution is 7.91. The van der Waals surface area contributed by atoms with Crippen LogP contribution in [0.5, 0.6) is 0 Å². The topological polar surface area (TPSA) is 79.5 Å². The van der Waals surface area contributed by atoms with Crippen LogP contribution in [0, 0.1) is 17.8 Å². The lowest BCUT2D eigenvalue weighted by Crippen LogP contribution is -2.46. The summed E-state index contributed by atoms with van der Waals surface area (Å²) < 4.78 is 29.9. The Morgan fingerprint density at radius 1 is 0.913 bits per heavy atom. The standard InChI is InChI=1S/C16H31N3O3S/c20-23(21)6-2-1-3-13(12-23)14-7-18-10-16(19-9-14)15-8-17-4-5-22-11-15/h13-19H,1-12H2. The van der Waals surface area contributed by atoms with Crippen LogP contribution in [0.25, 0.3) is 0 Å². The third kappa shape index (κ3) is 5.13. The molecule has 6 nitrogen and oxygen atoms in total. The van der Waals surface area contributed by atoms with Gasteiger partial charge >= 0.3 is 0 Å². The number of hydrogen-bond donors (Lipinski definition) is 3. The van der Waals surface area contributed by atoms with Gasteiger partial charge in [0, 0.05) is 31.6 Å². The lowest BCUT2D eigenvalue weighted by molar-refractivity contribution is 0.109. The molecular formula is C16H31N3O3S. The monoisotopic (exact) mass is 345 g/mol. The van der Waals surface area contributed by atoms with Crippen molar-refractivity contribution in [2.24, 2.45) is 17.8 Å². The average molecular weight is 346 g/mol. The summed E-state index contributed by atoms with van der Waals surface area (Å²) in [5.74, 6) is 1.93. The molecule has 3 aliphatic heterocycles. The second-order valence-electron chi connectivity index (χ2n) is 7.34. The fourth-order valence-electron chi connectivity index (χ4n) is 4.11. The molecule has 0 spiro atoms. The molecule has 3 rings (SSSR count). The highest BCUT2D eigenvalue weighted by Crippen LogP contribution is 2.25. The minimum Gasteiger partial charge on any atom is -0.380 e. The van der Waals surface area contributed by atoms with E-state index in [4.69, 9.17) is 4.74 Å². The van der Waals surface area contributed by atoms with E-state index in [2.05, 4.69) is 16.0 Å². The molecule has 0 saturated carbocycles. The van der Waals surface area contributed by atoms with E-state index >= 15 is 0 Å². The number of hydrogen-bond acceptors (Lipinski definition) is 6. The molecule has 23 heavy (non-hydrogen) atoms. The molecule has 0 aliphatic carbocycles. The Morgan fingerprint density at radius 3 is 2.70 bits per heavy atom. The Labute approximate surface area is 140 Å². The van der Waals surface area contributed by atoms with Crippen LogP contribution in [0.1, 0.15) is 19.3 Å². The van der Waals surface area contributed by atoms with E-state index in [9.17, 15) is 8.42 Å². The summed E-state index contributed by atoms with van der Waals surface area (Å²) in [5, 5.41) is 10.7. The fourth-order valence-corrected chi connectivity index (χ4v) is 6.02. The van der Waals surface area contributed by atoms with Gasteiger partial charge in [0.1, 0.15) is 0 Å². The van der Waals surface area contributed by atoms with E-state index in [1.165, 1.54) is 0 Å². The second-order valence-corrected chi connectivity index (χ2v) is 9.57. The van der Waals surface area contributed by atoms with E-state index in [1.54, 1.807) is 0 Å². The molecule has 7 heteroatoms. The van der Waals surface area contributed by atoms with Crippen LogP contribution in [-0.2, 0) is 14.6 Å². The normalized spacial score (nSPS) is 39.8. The van der Waals surface area contributed by atoms with E-state index < -0.39 is 9.84 Å². The number of rotatable bonds is 2. The van der Waals surface area contributed by atoms with E-state index in [1.807, 2.05) is 0 Å². The van der Waals surface area contributed by atoms with Gasteiger partial charge in [0.2, 0.25) is 0 Å². The molecule has 0 bridgehead atoms. The third-order valence-corrected chi connectivity index (χ3v) is 7.41. The summed E-state index contributed by atoms with van der Waals surface area (Å²) in [4.78, 5) is 0. The van der Waals surface area contributed by atoms with E-state index in [0.717, 1.165) is 65.2 Å². The number of ether oxygens (including phenoxy) is 1. The molecule has 4 unspecified atom stereocenters. The Balaban J connectivity index is 1.57. The van der Waals surface area contributed by atoms with Crippen molar-refractivity contribution in [3.63, 3.8) is 0 Å². The first kappa shape index (κ1) is 17.6. The van der Waals surface area contributed by atoms with Crippen molar-refractivity contribution in [1.82, 2.24) is 16.0 Å². The molecule has 0 radical (unpaired) electrons. The highest BCUT2D eigenvalue weighted by Gasteiger charge is 2.32. The van der Waals surface area contributed by atoms with Crippen LogP contribution < -0.4 is 16.0 Å². The van der Waals surface area contributed by atoms with Gasteiger partial charge in [-0.1, -0.05) is 6.42 Å². The first-order valence-electron chi connectivity index (χ1n) is 9.07. The maximum Gasteiger partial charge on any atom is 0.150 e. The molecule has 4 atom stereocenters. The summed E-state index contributed by atoms with van der Waals surface area (Å²) in [6.07, 6.45) is 2.93. The smallest absolute Gasteiger partial charge is 0.150 e. The zero-order valence-electron chi connectivity index (χ0n) is 13.9. The zero-order valence-corrected chi connectivity index (χ0v) is 14.7. The van der Waals surface area contributed by atoms with Crippen LogP contribution in [0.4, 0.5) is 0 Å². The average Bonchev–Trinajstić information content (AvgIpc) is 2.97. The third-order valence-electron chi connectivity index (χ3n) is 5.56. The largest absolute Gasteiger partial charge is 0.380 e. The first-order chi connectivity index (χ1) is 11.1. The Kier molecular flexibility index (Phi) is 6.31. The van der Waals surface area contributed by atoms with Crippen molar-refractivity contribution < 1.29 is 13.2 Å². The molecule has 134 valence electrons. The summed E-state index contributed by atoms with van der Waals surface area (Å²) in [7, 11) is -2.85. The minimum atomic E-state index is -2.85. The van der Waals surface area contributed by atoms with Crippen LogP contribution in [0.2, 0.25) is 0 Å². The van der Waals surface area contributed by atoms with Crippen molar-refractivity contribution in [1.29, 1.82) is 0 Å². The maximum atomic E-state index is 12.1. The Morgan fingerprint density at radius 2 is 1.78 bits per heavy atom. The van der Waals surface area contributed by atoms with E-state index in [-0.39, 0.29) is 0 Å². The molecular weight excluding hydrogens is 314 g/mol. The Bertz CT molecular complexity index is 463. The second kappa shape index (κ2) is 8.25. The van der Waals surface area contributed by atoms with Crippen LogP contribution in [0.15, 0.2) is 0 Å². The quantitative estimate of drug-likeness (QED) is 0.633. The maximum absolute atomic E-state index is 12.1. The number of sulfone groups is 1.